The molecule has 0 bridgehead atoms. The van der Waals surface area contributed by atoms with Gasteiger partial charge < -0.3 is 10.2 Å². The van der Waals surface area contributed by atoms with Crippen molar-refractivity contribution in [3.63, 3.8) is 0 Å². The van der Waals surface area contributed by atoms with Crippen LogP contribution in [0.1, 0.15) is 43.4 Å². The minimum atomic E-state index is -0.0129. The standard InChI is InChI=1S/C24H30N2O2S/c1-18(20-9-11-22(29-2)12-10-20)25-24(28)21-14-16-26(17-15-21)23(27)13-8-19-6-4-3-5-7-19/h3-7,9-12,18,21H,8,13-17H2,1-2H3,(H,25,28). The van der Waals surface area contributed by atoms with Crippen molar-refractivity contribution in [2.24, 2.45) is 5.92 Å². The molecule has 0 spiro atoms. The average molecular weight is 411 g/mol. The van der Waals surface area contributed by atoms with Gasteiger partial charge in [0.1, 0.15) is 0 Å². The number of hydrogen-bond donors (Lipinski definition) is 1. The summed E-state index contributed by atoms with van der Waals surface area (Å²) in [4.78, 5) is 28.3. The molecule has 1 aliphatic heterocycles. The van der Waals surface area contributed by atoms with Gasteiger partial charge in [0.2, 0.25) is 11.8 Å². The van der Waals surface area contributed by atoms with Gasteiger partial charge in [-0.2, -0.15) is 0 Å². The highest BCUT2D eigenvalue weighted by molar-refractivity contribution is 7.98. The summed E-state index contributed by atoms with van der Waals surface area (Å²) >= 11 is 1.71. The molecule has 1 unspecified atom stereocenters. The summed E-state index contributed by atoms with van der Waals surface area (Å²) in [5.41, 5.74) is 2.30. The predicted octanol–water partition coefficient (Wildman–Crippen LogP) is 4.46. The molecule has 154 valence electrons. The van der Waals surface area contributed by atoms with Crippen molar-refractivity contribution in [3.8, 4) is 0 Å². The van der Waals surface area contributed by atoms with E-state index in [0.717, 1.165) is 24.8 Å². The number of nitrogens with zero attached hydrogens (tertiary/aromatic N) is 1. The van der Waals surface area contributed by atoms with Crippen LogP contribution in [0.4, 0.5) is 0 Å². The van der Waals surface area contributed by atoms with E-state index in [4.69, 9.17) is 0 Å². The highest BCUT2D eigenvalue weighted by Crippen LogP contribution is 2.22. The molecule has 3 rings (SSSR count). The first-order valence-corrected chi connectivity index (χ1v) is 11.6. The van der Waals surface area contributed by atoms with E-state index in [2.05, 4.69) is 48.0 Å². The summed E-state index contributed by atoms with van der Waals surface area (Å²) < 4.78 is 0. The lowest BCUT2D eigenvalue weighted by atomic mass is 9.94. The molecule has 0 aliphatic carbocycles. The number of thioether (sulfide) groups is 1. The van der Waals surface area contributed by atoms with Crippen LogP contribution in [0.3, 0.4) is 0 Å². The zero-order valence-corrected chi connectivity index (χ0v) is 18.1. The summed E-state index contributed by atoms with van der Waals surface area (Å²) in [6.07, 6.45) is 4.83. The smallest absolute Gasteiger partial charge is 0.223 e. The van der Waals surface area contributed by atoms with E-state index in [1.165, 1.54) is 10.5 Å². The first-order chi connectivity index (χ1) is 14.1. The number of carbonyl (C=O) groups is 2. The second-order valence-corrected chi connectivity index (χ2v) is 8.52. The topological polar surface area (TPSA) is 49.4 Å². The number of hydrogen-bond acceptors (Lipinski definition) is 3. The third-order valence-corrected chi connectivity index (χ3v) is 6.41. The quantitative estimate of drug-likeness (QED) is 0.686. The van der Waals surface area contributed by atoms with Crippen LogP contribution in [0.2, 0.25) is 0 Å². The molecule has 29 heavy (non-hydrogen) atoms. The van der Waals surface area contributed by atoms with E-state index >= 15 is 0 Å². The predicted molar refractivity (Wildman–Crippen MR) is 119 cm³/mol. The maximum absolute atomic E-state index is 12.7. The van der Waals surface area contributed by atoms with E-state index in [-0.39, 0.29) is 23.8 Å². The van der Waals surface area contributed by atoms with Crippen molar-refractivity contribution in [3.05, 3.63) is 65.7 Å². The van der Waals surface area contributed by atoms with Crippen molar-refractivity contribution < 1.29 is 9.59 Å². The lowest BCUT2D eigenvalue weighted by Crippen LogP contribution is -2.43. The molecule has 1 N–H and O–H groups in total. The number of benzene rings is 2. The Morgan fingerprint density at radius 3 is 2.34 bits per heavy atom. The number of aryl methyl sites for hydroxylation is 1. The summed E-state index contributed by atoms with van der Waals surface area (Å²) in [5.74, 6) is 0.277. The molecule has 0 radical (unpaired) electrons. The molecular weight excluding hydrogens is 380 g/mol. The van der Waals surface area contributed by atoms with E-state index in [9.17, 15) is 9.59 Å². The van der Waals surface area contributed by atoms with E-state index in [1.54, 1.807) is 11.8 Å². The minimum Gasteiger partial charge on any atom is -0.349 e. The lowest BCUT2D eigenvalue weighted by Gasteiger charge is -2.32. The monoisotopic (exact) mass is 410 g/mol. The maximum atomic E-state index is 12.7. The van der Waals surface area contributed by atoms with Crippen molar-refractivity contribution in [1.29, 1.82) is 0 Å². The lowest BCUT2D eigenvalue weighted by molar-refractivity contribution is -0.135. The number of amides is 2. The fraction of sp³-hybridized carbons (Fsp3) is 0.417. The Kier molecular flexibility index (Phi) is 7.76. The average Bonchev–Trinajstić information content (AvgIpc) is 2.78. The Morgan fingerprint density at radius 2 is 1.72 bits per heavy atom. The first-order valence-electron chi connectivity index (χ1n) is 10.3. The van der Waals surface area contributed by atoms with Gasteiger partial charge in [0.15, 0.2) is 0 Å². The van der Waals surface area contributed by atoms with Crippen LogP contribution in [0.15, 0.2) is 59.5 Å². The molecule has 1 aliphatic rings. The van der Waals surface area contributed by atoms with Crippen LogP contribution in [-0.4, -0.2) is 36.1 Å². The molecule has 2 aromatic rings. The molecule has 5 heteroatoms. The number of nitrogens with one attached hydrogen (secondary N) is 1. The molecule has 2 aromatic carbocycles. The Labute approximate surface area is 178 Å². The number of piperidine rings is 1. The molecule has 4 nitrogen and oxygen atoms in total. The van der Waals surface area contributed by atoms with E-state index in [1.807, 2.05) is 30.0 Å². The van der Waals surface area contributed by atoms with Crippen LogP contribution in [0, 0.1) is 5.92 Å². The third-order valence-electron chi connectivity index (χ3n) is 5.66. The second kappa shape index (κ2) is 10.5. The largest absolute Gasteiger partial charge is 0.349 e. The zero-order valence-electron chi connectivity index (χ0n) is 17.3. The Morgan fingerprint density at radius 1 is 1.07 bits per heavy atom. The van der Waals surface area contributed by atoms with Crippen LogP contribution >= 0.6 is 11.8 Å². The fourth-order valence-corrected chi connectivity index (χ4v) is 4.16. The highest BCUT2D eigenvalue weighted by Gasteiger charge is 2.27. The van der Waals surface area contributed by atoms with Crippen LogP contribution in [-0.2, 0) is 16.0 Å². The van der Waals surface area contributed by atoms with Gasteiger partial charge in [-0.1, -0.05) is 42.5 Å². The van der Waals surface area contributed by atoms with Crippen molar-refractivity contribution >= 4 is 23.6 Å². The van der Waals surface area contributed by atoms with Gasteiger partial charge >= 0.3 is 0 Å². The minimum absolute atomic E-state index is 0.0102. The summed E-state index contributed by atoms with van der Waals surface area (Å²) in [6, 6.07) is 18.4. The fourth-order valence-electron chi connectivity index (χ4n) is 3.75. The highest BCUT2D eigenvalue weighted by atomic mass is 32.2. The van der Waals surface area contributed by atoms with Crippen molar-refractivity contribution in [2.75, 3.05) is 19.3 Å². The molecule has 1 saturated heterocycles. The van der Waals surface area contributed by atoms with Crippen LogP contribution in [0.5, 0.6) is 0 Å². The van der Waals surface area contributed by atoms with Crippen molar-refractivity contribution in [2.45, 2.75) is 43.5 Å². The molecule has 1 fully saturated rings. The van der Waals surface area contributed by atoms with Gasteiger partial charge in [-0.15, -0.1) is 11.8 Å². The third kappa shape index (κ3) is 6.10. The molecule has 1 atom stereocenters. The van der Waals surface area contributed by atoms with Crippen molar-refractivity contribution in [1.82, 2.24) is 10.2 Å². The molecule has 1 heterocycles. The number of carbonyl (C=O) groups excluding carboxylic acids is 2. The second-order valence-electron chi connectivity index (χ2n) is 7.64. The van der Waals surface area contributed by atoms with E-state index in [0.29, 0.717) is 19.5 Å². The van der Waals surface area contributed by atoms with Crippen LogP contribution < -0.4 is 5.32 Å². The zero-order chi connectivity index (χ0) is 20.6. The van der Waals surface area contributed by atoms with Gasteiger partial charge in [-0.05, 0) is 55.7 Å². The number of likely N-dealkylation sites (tertiary alicyclic amines) is 1. The first kappa shape index (κ1) is 21.4. The molecule has 2 amide bonds. The normalized spacial score (nSPS) is 15.7. The Balaban J connectivity index is 1.43. The molecule has 0 aromatic heterocycles. The van der Waals surface area contributed by atoms with Gasteiger partial charge in [-0.25, -0.2) is 0 Å². The molecular formula is C24H30N2O2S. The summed E-state index contributed by atoms with van der Waals surface area (Å²) in [7, 11) is 0. The summed E-state index contributed by atoms with van der Waals surface area (Å²) in [5, 5.41) is 3.14. The van der Waals surface area contributed by atoms with Gasteiger partial charge in [-0.3, -0.25) is 9.59 Å². The molecule has 0 saturated carbocycles. The number of rotatable bonds is 7. The Bertz CT molecular complexity index is 799. The SMILES string of the molecule is CSc1ccc(C(C)NC(=O)C2CCN(C(=O)CCc3ccccc3)CC2)cc1. The van der Waals surface area contributed by atoms with Crippen LogP contribution in [0.25, 0.3) is 0 Å². The maximum Gasteiger partial charge on any atom is 0.223 e. The van der Waals surface area contributed by atoms with Gasteiger partial charge in [0, 0.05) is 30.3 Å². The Hall–Kier alpha value is -2.27. The summed E-state index contributed by atoms with van der Waals surface area (Å²) in [6.45, 7) is 3.36. The van der Waals surface area contributed by atoms with Gasteiger partial charge in [0.05, 0.1) is 6.04 Å². The van der Waals surface area contributed by atoms with E-state index < -0.39 is 0 Å². The van der Waals surface area contributed by atoms with Gasteiger partial charge in [0.25, 0.3) is 0 Å².